The smallest absolute Gasteiger partial charge is 0.192 e. The zero-order valence-corrected chi connectivity index (χ0v) is 9.31. The van der Waals surface area contributed by atoms with Crippen LogP contribution in [0.1, 0.15) is 22.3 Å². The Morgan fingerprint density at radius 2 is 1.88 bits per heavy atom. The molecule has 3 rings (SSSR count). The minimum absolute atomic E-state index is 0.0421. The van der Waals surface area contributed by atoms with Gasteiger partial charge in [0, 0.05) is 11.1 Å². The normalized spacial score (nSPS) is 17.4. The minimum Gasteiger partial charge on any atom is -0.515 e. The van der Waals surface area contributed by atoms with Crippen molar-refractivity contribution in [2.75, 3.05) is 0 Å². The number of hydrogen-bond acceptors (Lipinski definition) is 2. The summed E-state index contributed by atoms with van der Waals surface area (Å²) in [6.45, 7) is 0. The average molecular weight is 224 g/mol. The average Bonchev–Trinajstić information content (AvgIpc) is 2.39. The summed E-state index contributed by atoms with van der Waals surface area (Å²) in [5.41, 5.74) is 2.35. The van der Waals surface area contributed by atoms with E-state index in [1.165, 1.54) is 0 Å². The van der Waals surface area contributed by atoms with Crippen LogP contribution in [0.2, 0.25) is 0 Å². The fourth-order valence-corrected chi connectivity index (χ4v) is 2.49. The first-order valence-electron chi connectivity index (χ1n) is 5.70. The Labute approximate surface area is 99.2 Å². The first-order valence-corrected chi connectivity index (χ1v) is 5.70. The Kier molecular flexibility index (Phi) is 2.22. The number of benzene rings is 2. The van der Waals surface area contributed by atoms with Crippen molar-refractivity contribution in [3.63, 3.8) is 0 Å². The molecule has 17 heavy (non-hydrogen) atoms. The molecule has 0 atom stereocenters. The predicted octanol–water partition coefficient (Wildman–Crippen LogP) is 3.41. The highest BCUT2D eigenvalue weighted by Crippen LogP contribution is 2.30. The number of Topliss-reactive ketones (excluding diaryl/α,β-unsaturated/α-hetero) is 1. The molecule has 2 aromatic carbocycles. The van der Waals surface area contributed by atoms with Gasteiger partial charge < -0.3 is 5.11 Å². The quantitative estimate of drug-likeness (QED) is 0.550. The van der Waals surface area contributed by atoms with Crippen molar-refractivity contribution in [2.45, 2.75) is 12.8 Å². The second-order valence-corrected chi connectivity index (χ2v) is 4.30. The predicted molar refractivity (Wildman–Crippen MR) is 67.3 cm³/mol. The third-order valence-corrected chi connectivity index (χ3v) is 3.38. The maximum absolute atomic E-state index is 12.1. The summed E-state index contributed by atoms with van der Waals surface area (Å²) in [6.07, 6.45) is 2.38. The molecule has 0 bridgehead atoms. The number of rotatable bonds is 0. The number of aliphatic hydroxyl groups is 1. The van der Waals surface area contributed by atoms with Crippen LogP contribution in [0, 0.1) is 0 Å². The Balaban J connectivity index is 2.30. The lowest BCUT2D eigenvalue weighted by molar-refractivity contribution is 0.102. The topological polar surface area (TPSA) is 37.3 Å². The molecule has 1 N–H and O–H groups in total. The van der Waals surface area contributed by atoms with Crippen molar-refractivity contribution in [1.82, 2.24) is 0 Å². The van der Waals surface area contributed by atoms with Crippen molar-refractivity contribution < 1.29 is 9.90 Å². The SMILES string of the molecule is O=C1/C(=C/O)CCc2c1ccc1ccccc21. The molecule has 2 heteroatoms. The van der Waals surface area contributed by atoms with Gasteiger partial charge in [-0.1, -0.05) is 36.4 Å². The maximum Gasteiger partial charge on any atom is 0.192 e. The molecule has 0 saturated carbocycles. The number of carbonyl (C=O) groups is 1. The van der Waals surface area contributed by atoms with Crippen LogP contribution >= 0.6 is 0 Å². The lowest BCUT2D eigenvalue weighted by Crippen LogP contribution is -2.14. The van der Waals surface area contributed by atoms with Crippen molar-refractivity contribution in [3.05, 3.63) is 59.4 Å². The molecule has 2 nitrogen and oxygen atoms in total. The van der Waals surface area contributed by atoms with E-state index in [0.717, 1.165) is 34.6 Å². The molecule has 0 aromatic heterocycles. The number of carbonyl (C=O) groups excluding carboxylic acids is 1. The summed E-state index contributed by atoms with van der Waals surface area (Å²) >= 11 is 0. The lowest BCUT2D eigenvalue weighted by Gasteiger charge is -2.18. The van der Waals surface area contributed by atoms with Crippen LogP contribution in [-0.2, 0) is 6.42 Å². The van der Waals surface area contributed by atoms with Crippen LogP contribution in [0.5, 0.6) is 0 Å². The molecule has 0 radical (unpaired) electrons. The van der Waals surface area contributed by atoms with Gasteiger partial charge in [0.2, 0.25) is 0 Å². The standard InChI is InChI=1S/C15H12O2/c16-9-11-6-7-13-12-4-2-1-3-10(12)5-8-14(13)15(11)17/h1-5,8-9,16H,6-7H2/b11-9+. The van der Waals surface area contributed by atoms with Gasteiger partial charge in [0.05, 0.1) is 6.26 Å². The van der Waals surface area contributed by atoms with Gasteiger partial charge >= 0.3 is 0 Å². The third-order valence-electron chi connectivity index (χ3n) is 3.38. The molecule has 0 heterocycles. The molecular weight excluding hydrogens is 212 g/mol. The fourth-order valence-electron chi connectivity index (χ4n) is 2.49. The van der Waals surface area contributed by atoms with Crippen molar-refractivity contribution in [1.29, 1.82) is 0 Å². The van der Waals surface area contributed by atoms with Gasteiger partial charge in [-0.3, -0.25) is 4.79 Å². The summed E-state index contributed by atoms with van der Waals surface area (Å²) in [5.74, 6) is -0.0421. The van der Waals surface area contributed by atoms with E-state index in [4.69, 9.17) is 5.11 Å². The highest BCUT2D eigenvalue weighted by molar-refractivity contribution is 6.13. The largest absolute Gasteiger partial charge is 0.515 e. The molecule has 2 aromatic rings. The molecule has 84 valence electrons. The Morgan fingerprint density at radius 1 is 1.06 bits per heavy atom. The molecular formula is C15H12O2. The minimum atomic E-state index is -0.0421. The van der Waals surface area contributed by atoms with Crippen LogP contribution in [0.25, 0.3) is 10.8 Å². The molecule has 0 unspecified atom stereocenters. The van der Waals surface area contributed by atoms with Gasteiger partial charge in [0.25, 0.3) is 0 Å². The van der Waals surface area contributed by atoms with Crippen molar-refractivity contribution in [2.24, 2.45) is 0 Å². The van der Waals surface area contributed by atoms with E-state index in [2.05, 4.69) is 12.1 Å². The van der Waals surface area contributed by atoms with E-state index in [1.54, 1.807) is 0 Å². The number of fused-ring (bicyclic) bond motifs is 3. The van der Waals surface area contributed by atoms with Gasteiger partial charge in [-0.15, -0.1) is 0 Å². The van der Waals surface area contributed by atoms with Crippen molar-refractivity contribution in [3.8, 4) is 0 Å². The monoisotopic (exact) mass is 224 g/mol. The fraction of sp³-hybridized carbons (Fsp3) is 0.133. The van der Waals surface area contributed by atoms with Gasteiger partial charge in [0.15, 0.2) is 5.78 Å². The van der Waals surface area contributed by atoms with E-state index in [-0.39, 0.29) is 5.78 Å². The number of ketones is 1. The van der Waals surface area contributed by atoms with Crippen LogP contribution in [0.15, 0.2) is 48.2 Å². The number of aryl methyl sites for hydroxylation is 1. The zero-order chi connectivity index (χ0) is 11.8. The first-order chi connectivity index (χ1) is 8.31. The second kappa shape index (κ2) is 3.74. The number of hydrogen-bond donors (Lipinski definition) is 1. The van der Waals surface area contributed by atoms with Gasteiger partial charge in [-0.2, -0.15) is 0 Å². The van der Waals surface area contributed by atoms with Crippen LogP contribution < -0.4 is 0 Å². The zero-order valence-electron chi connectivity index (χ0n) is 9.31. The molecule has 0 saturated heterocycles. The van der Waals surface area contributed by atoms with Crippen LogP contribution in [0.4, 0.5) is 0 Å². The Hall–Kier alpha value is -2.09. The first kappa shape index (κ1) is 10.1. The molecule has 0 fully saturated rings. The van der Waals surface area contributed by atoms with E-state index in [9.17, 15) is 4.79 Å². The van der Waals surface area contributed by atoms with Crippen molar-refractivity contribution >= 4 is 16.6 Å². The second-order valence-electron chi connectivity index (χ2n) is 4.30. The van der Waals surface area contributed by atoms with E-state index in [0.29, 0.717) is 12.0 Å². The molecule has 1 aliphatic carbocycles. The summed E-state index contributed by atoms with van der Waals surface area (Å²) in [5, 5.41) is 11.3. The van der Waals surface area contributed by atoms with Gasteiger partial charge in [0.1, 0.15) is 0 Å². The molecule has 0 aliphatic heterocycles. The summed E-state index contributed by atoms with van der Waals surface area (Å²) in [6, 6.07) is 11.9. The van der Waals surface area contributed by atoms with Gasteiger partial charge in [-0.25, -0.2) is 0 Å². The number of aliphatic hydroxyl groups excluding tert-OH is 1. The molecule has 0 amide bonds. The maximum atomic E-state index is 12.1. The van der Waals surface area contributed by atoms with E-state index < -0.39 is 0 Å². The van der Waals surface area contributed by atoms with Gasteiger partial charge in [-0.05, 0) is 29.2 Å². The van der Waals surface area contributed by atoms with Crippen LogP contribution in [0.3, 0.4) is 0 Å². The Morgan fingerprint density at radius 3 is 2.71 bits per heavy atom. The summed E-state index contributed by atoms with van der Waals surface area (Å²) in [4.78, 5) is 12.1. The highest BCUT2D eigenvalue weighted by atomic mass is 16.2. The Bertz CT molecular complexity index is 638. The van der Waals surface area contributed by atoms with E-state index >= 15 is 0 Å². The third kappa shape index (κ3) is 1.45. The van der Waals surface area contributed by atoms with E-state index in [1.807, 2.05) is 24.3 Å². The molecule has 1 aliphatic rings. The summed E-state index contributed by atoms with van der Waals surface area (Å²) in [7, 11) is 0. The molecule has 0 spiro atoms. The summed E-state index contributed by atoms with van der Waals surface area (Å²) < 4.78 is 0. The van der Waals surface area contributed by atoms with Crippen LogP contribution in [-0.4, -0.2) is 10.9 Å². The lowest BCUT2D eigenvalue weighted by atomic mass is 9.84. The highest BCUT2D eigenvalue weighted by Gasteiger charge is 2.23. The number of allylic oxidation sites excluding steroid dienone is 1.